The van der Waals surface area contributed by atoms with Gasteiger partial charge in [0.05, 0.1) is 0 Å². The predicted octanol–water partition coefficient (Wildman–Crippen LogP) is 5.41. The van der Waals surface area contributed by atoms with E-state index < -0.39 is 0 Å². The van der Waals surface area contributed by atoms with Crippen LogP contribution < -0.4 is 0 Å². The third-order valence-corrected chi connectivity index (χ3v) is 4.28. The SMILES string of the molecule is O=C(c1cccc(C2=CC=CC2)c1)c1ccc2ccccc2c1. The third kappa shape index (κ3) is 2.62. The maximum atomic E-state index is 12.8. The van der Waals surface area contributed by atoms with Crippen LogP contribution in [0.1, 0.15) is 27.9 Å². The summed E-state index contributed by atoms with van der Waals surface area (Å²) in [5.41, 5.74) is 3.87. The maximum Gasteiger partial charge on any atom is 0.193 e. The predicted molar refractivity (Wildman–Crippen MR) is 95.6 cm³/mol. The normalized spacial score (nSPS) is 13.3. The summed E-state index contributed by atoms with van der Waals surface area (Å²) in [6.45, 7) is 0. The molecule has 0 atom stereocenters. The highest BCUT2D eigenvalue weighted by atomic mass is 16.1. The number of carbonyl (C=O) groups excluding carboxylic acids is 1. The van der Waals surface area contributed by atoms with Crippen LogP contribution in [0.15, 0.2) is 85.0 Å². The van der Waals surface area contributed by atoms with Gasteiger partial charge in [-0.2, -0.15) is 0 Å². The van der Waals surface area contributed by atoms with Gasteiger partial charge in [0.25, 0.3) is 0 Å². The van der Waals surface area contributed by atoms with E-state index in [0.717, 1.165) is 33.9 Å². The number of carbonyl (C=O) groups is 1. The van der Waals surface area contributed by atoms with Crippen molar-refractivity contribution in [2.24, 2.45) is 0 Å². The van der Waals surface area contributed by atoms with Crippen molar-refractivity contribution >= 4 is 22.1 Å². The van der Waals surface area contributed by atoms with Crippen LogP contribution >= 0.6 is 0 Å². The largest absolute Gasteiger partial charge is 0.289 e. The monoisotopic (exact) mass is 296 g/mol. The molecule has 0 aromatic heterocycles. The van der Waals surface area contributed by atoms with E-state index in [1.807, 2.05) is 54.6 Å². The Labute approximate surface area is 135 Å². The second-order valence-corrected chi connectivity index (χ2v) is 5.80. The minimum absolute atomic E-state index is 0.0733. The second-order valence-electron chi connectivity index (χ2n) is 5.80. The van der Waals surface area contributed by atoms with Crippen LogP contribution in [-0.4, -0.2) is 5.78 Å². The first-order chi connectivity index (χ1) is 11.3. The van der Waals surface area contributed by atoms with E-state index in [-0.39, 0.29) is 5.78 Å². The zero-order valence-corrected chi connectivity index (χ0v) is 12.7. The topological polar surface area (TPSA) is 17.1 Å². The van der Waals surface area contributed by atoms with Gasteiger partial charge in [-0.1, -0.05) is 72.8 Å². The molecule has 1 aliphatic rings. The average molecular weight is 296 g/mol. The minimum atomic E-state index is 0.0733. The summed E-state index contributed by atoms with van der Waals surface area (Å²) >= 11 is 0. The lowest BCUT2D eigenvalue weighted by molar-refractivity contribution is 0.103. The summed E-state index contributed by atoms with van der Waals surface area (Å²) in [6, 6.07) is 21.9. The molecule has 0 saturated heterocycles. The van der Waals surface area contributed by atoms with Crippen LogP contribution in [0.4, 0.5) is 0 Å². The molecule has 23 heavy (non-hydrogen) atoms. The second kappa shape index (κ2) is 5.69. The number of ketones is 1. The average Bonchev–Trinajstić information content (AvgIpc) is 3.15. The zero-order chi connectivity index (χ0) is 15.6. The summed E-state index contributed by atoms with van der Waals surface area (Å²) in [6.07, 6.45) is 7.24. The van der Waals surface area contributed by atoms with Gasteiger partial charge in [0.1, 0.15) is 0 Å². The quantitative estimate of drug-likeness (QED) is 0.590. The zero-order valence-electron chi connectivity index (χ0n) is 12.7. The molecule has 0 unspecified atom stereocenters. The number of fused-ring (bicyclic) bond motifs is 1. The Morgan fingerprint density at radius 2 is 1.61 bits per heavy atom. The van der Waals surface area contributed by atoms with Crippen LogP contribution in [-0.2, 0) is 0 Å². The fourth-order valence-electron chi connectivity index (χ4n) is 3.02. The highest BCUT2D eigenvalue weighted by molar-refractivity contribution is 6.11. The van der Waals surface area contributed by atoms with Crippen molar-refractivity contribution in [2.75, 3.05) is 0 Å². The first-order valence-electron chi connectivity index (χ1n) is 7.81. The molecule has 0 fully saturated rings. The van der Waals surface area contributed by atoms with Crippen LogP contribution in [0.25, 0.3) is 16.3 Å². The van der Waals surface area contributed by atoms with E-state index in [9.17, 15) is 4.79 Å². The minimum Gasteiger partial charge on any atom is -0.289 e. The Morgan fingerprint density at radius 1 is 0.783 bits per heavy atom. The Bertz CT molecular complexity index is 960. The molecule has 0 saturated carbocycles. The maximum absolute atomic E-state index is 12.8. The molecule has 0 heterocycles. The fourth-order valence-corrected chi connectivity index (χ4v) is 3.02. The molecule has 0 radical (unpaired) electrons. The highest BCUT2D eigenvalue weighted by Gasteiger charge is 2.11. The summed E-state index contributed by atoms with van der Waals surface area (Å²) < 4.78 is 0. The van der Waals surface area contributed by atoms with Gasteiger partial charge in [-0.3, -0.25) is 4.79 Å². The molecular formula is C22H16O. The van der Waals surface area contributed by atoms with Crippen LogP contribution in [0.3, 0.4) is 0 Å². The van der Waals surface area contributed by atoms with Gasteiger partial charge in [-0.25, -0.2) is 0 Å². The number of hydrogen-bond acceptors (Lipinski definition) is 1. The van der Waals surface area contributed by atoms with Crippen LogP contribution in [0.2, 0.25) is 0 Å². The number of benzene rings is 3. The van der Waals surface area contributed by atoms with Crippen molar-refractivity contribution in [1.82, 2.24) is 0 Å². The molecule has 1 heteroatoms. The molecule has 0 bridgehead atoms. The van der Waals surface area contributed by atoms with Gasteiger partial charge < -0.3 is 0 Å². The van der Waals surface area contributed by atoms with Crippen molar-refractivity contribution in [3.63, 3.8) is 0 Å². The lowest BCUT2D eigenvalue weighted by Gasteiger charge is -2.07. The van der Waals surface area contributed by atoms with Crippen molar-refractivity contribution in [3.05, 3.63) is 102 Å². The molecular weight excluding hydrogens is 280 g/mol. The number of hydrogen-bond donors (Lipinski definition) is 0. The first-order valence-corrected chi connectivity index (χ1v) is 7.81. The molecule has 0 spiro atoms. The van der Waals surface area contributed by atoms with Crippen molar-refractivity contribution < 1.29 is 4.79 Å². The number of allylic oxidation sites excluding steroid dienone is 4. The third-order valence-electron chi connectivity index (χ3n) is 4.28. The molecule has 1 nitrogen and oxygen atoms in total. The summed E-state index contributed by atoms with van der Waals surface area (Å²) in [5.74, 6) is 0.0733. The number of rotatable bonds is 3. The highest BCUT2D eigenvalue weighted by Crippen LogP contribution is 2.25. The van der Waals surface area contributed by atoms with Crippen molar-refractivity contribution in [3.8, 4) is 0 Å². The van der Waals surface area contributed by atoms with E-state index >= 15 is 0 Å². The van der Waals surface area contributed by atoms with Crippen LogP contribution in [0.5, 0.6) is 0 Å². The molecule has 3 aromatic carbocycles. The van der Waals surface area contributed by atoms with E-state index in [0.29, 0.717) is 0 Å². The first kappa shape index (κ1) is 13.7. The smallest absolute Gasteiger partial charge is 0.193 e. The van der Waals surface area contributed by atoms with Crippen molar-refractivity contribution in [1.29, 1.82) is 0 Å². The lowest BCUT2D eigenvalue weighted by Crippen LogP contribution is -2.01. The molecule has 1 aliphatic carbocycles. The van der Waals surface area contributed by atoms with Gasteiger partial charge >= 0.3 is 0 Å². The lowest BCUT2D eigenvalue weighted by atomic mass is 9.96. The molecule has 4 rings (SSSR count). The van der Waals surface area contributed by atoms with Gasteiger partial charge in [0.15, 0.2) is 5.78 Å². The summed E-state index contributed by atoms with van der Waals surface area (Å²) in [5, 5.41) is 2.25. The Hall–Kier alpha value is -2.93. The Balaban J connectivity index is 1.71. The molecule has 0 N–H and O–H groups in total. The summed E-state index contributed by atoms with van der Waals surface area (Å²) in [4.78, 5) is 12.8. The fraction of sp³-hybridized carbons (Fsp3) is 0.0455. The molecule has 110 valence electrons. The van der Waals surface area contributed by atoms with E-state index in [2.05, 4.69) is 30.4 Å². The molecule has 3 aromatic rings. The Kier molecular flexibility index (Phi) is 3.39. The van der Waals surface area contributed by atoms with Crippen molar-refractivity contribution in [2.45, 2.75) is 6.42 Å². The van der Waals surface area contributed by atoms with E-state index in [4.69, 9.17) is 0 Å². The molecule has 0 aliphatic heterocycles. The van der Waals surface area contributed by atoms with E-state index in [1.54, 1.807) is 0 Å². The summed E-state index contributed by atoms with van der Waals surface area (Å²) in [7, 11) is 0. The Morgan fingerprint density at radius 3 is 2.43 bits per heavy atom. The molecule has 0 amide bonds. The van der Waals surface area contributed by atoms with Gasteiger partial charge in [-0.15, -0.1) is 0 Å². The van der Waals surface area contributed by atoms with E-state index in [1.165, 1.54) is 5.57 Å². The van der Waals surface area contributed by atoms with Gasteiger partial charge in [0, 0.05) is 11.1 Å². The van der Waals surface area contributed by atoms with Crippen LogP contribution in [0, 0.1) is 0 Å². The standard InChI is InChI=1S/C22H16O/c23-22(21-13-12-17-8-3-4-9-18(17)15-21)20-11-5-10-19(14-20)16-6-1-2-7-16/h1-6,8-15H,7H2. The van der Waals surface area contributed by atoms with Gasteiger partial charge in [0.2, 0.25) is 0 Å². The van der Waals surface area contributed by atoms with Gasteiger partial charge in [-0.05, 0) is 40.5 Å².